The van der Waals surface area contributed by atoms with Gasteiger partial charge in [-0.3, -0.25) is 0 Å². The summed E-state index contributed by atoms with van der Waals surface area (Å²) in [6.07, 6.45) is -2.18. The van der Waals surface area contributed by atoms with E-state index in [9.17, 15) is 9.59 Å². The molecule has 0 N–H and O–H groups in total. The predicted molar refractivity (Wildman–Crippen MR) is 110 cm³/mol. The van der Waals surface area contributed by atoms with Gasteiger partial charge >= 0.3 is 11.9 Å². The Morgan fingerprint density at radius 1 is 0.935 bits per heavy atom. The first kappa shape index (κ1) is 21.5. The highest BCUT2D eigenvalue weighted by Gasteiger charge is 2.64. The normalized spacial score (nSPS) is 28.7. The van der Waals surface area contributed by atoms with Gasteiger partial charge in [-0.2, -0.15) is 0 Å². The minimum atomic E-state index is -1.22. The van der Waals surface area contributed by atoms with Gasteiger partial charge in [-0.05, 0) is 51.5 Å². The number of carbonyl (C=O) groups is 2. The van der Waals surface area contributed by atoms with E-state index in [-0.39, 0.29) is 6.61 Å². The maximum atomic E-state index is 12.8. The molecule has 2 heterocycles. The third-order valence-corrected chi connectivity index (χ3v) is 5.61. The summed E-state index contributed by atoms with van der Waals surface area (Å²) in [5.74, 6) is -1.88. The number of aryl methyl sites for hydroxylation is 1. The third kappa shape index (κ3) is 4.21. The number of benzene rings is 2. The number of fused-ring (bicyclic) bond motifs is 1. The molecule has 0 saturated carbocycles. The molecule has 2 aliphatic heterocycles. The highest BCUT2D eigenvalue weighted by atomic mass is 16.8. The Morgan fingerprint density at radius 3 is 2.32 bits per heavy atom. The SMILES string of the molecule is Cc1ccccc1C(=O)OC[C@@H]1O[C@H]2OC(C)(C)OC2C1(C)OC(=O)c1ccccc1. The molecule has 0 aliphatic carbocycles. The van der Waals surface area contributed by atoms with Crippen LogP contribution in [0.4, 0.5) is 0 Å². The highest BCUT2D eigenvalue weighted by molar-refractivity contribution is 5.91. The molecule has 2 saturated heterocycles. The van der Waals surface area contributed by atoms with Crippen LogP contribution in [0.3, 0.4) is 0 Å². The summed E-state index contributed by atoms with van der Waals surface area (Å²) in [6, 6.07) is 15.8. The Balaban J connectivity index is 1.53. The lowest BCUT2D eigenvalue weighted by atomic mass is 9.94. The Labute approximate surface area is 181 Å². The van der Waals surface area contributed by atoms with Crippen molar-refractivity contribution in [2.24, 2.45) is 0 Å². The summed E-state index contributed by atoms with van der Waals surface area (Å²) >= 11 is 0. The van der Waals surface area contributed by atoms with Gasteiger partial charge in [-0.1, -0.05) is 36.4 Å². The van der Waals surface area contributed by atoms with Gasteiger partial charge in [0, 0.05) is 0 Å². The quantitative estimate of drug-likeness (QED) is 0.675. The van der Waals surface area contributed by atoms with E-state index < -0.39 is 41.8 Å². The smallest absolute Gasteiger partial charge is 0.338 e. The van der Waals surface area contributed by atoms with E-state index in [2.05, 4.69) is 0 Å². The maximum absolute atomic E-state index is 12.8. The second kappa shape index (κ2) is 8.07. The number of esters is 2. The zero-order valence-electron chi connectivity index (χ0n) is 18.0. The Morgan fingerprint density at radius 2 is 1.61 bits per heavy atom. The van der Waals surface area contributed by atoms with Crippen LogP contribution in [0.15, 0.2) is 54.6 Å². The van der Waals surface area contributed by atoms with E-state index in [1.54, 1.807) is 57.2 Å². The standard InChI is InChI=1S/C24H26O7/c1-15-10-8-9-13-17(15)21(26)27-14-18-24(4,19-22(28-18)31-23(2,3)29-19)30-20(25)16-11-6-5-7-12-16/h5-13,18-19,22H,14H2,1-4H3/t18-,19?,22-,24?/m0/s1. The van der Waals surface area contributed by atoms with Gasteiger partial charge < -0.3 is 23.7 Å². The van der Waals surface area contributed by atoms with E-state index in [0.29, 0.717) is 11.1 Å². The van der Waals surface area contributed by atoms with E-state index in [0.717, 1.165) is 5.56 Å². The molecule has 0 aromatic heterocycles. The largest absolute Gasteiger partial charge is 0.459 e. The van der Waals surface area contributed by atoms with Gasteiger partial charge in [0.05, 0.1) is 11.1 Å². The maximum Gasteiger partial charge on any atom is 0.338 e. The predicted octanol–water partition coefficient (Wildman–Crippen LogP) is 3.64. The van der Waals surface area contributed by atoms with Gasteiger partial charge in [-0.25, -0.2) is 9.59 Å². The number of hydrogen-bond acceptors (Lipinski definition) is 7. The summed E-state index contributed by atoms with van der Waals surface area (Å²) in [5.41, 5.74) is 0.457. The summed E-state index contributed by atoms with van der Waals surface area (Å²) in [5, 5.41) is 0. The van der Waals surface area contributed by atoms with Crippen molar-refractivity contribution in [1.82, 2.24) is 0 Å². The van der Waals surface area contributed by atoms with E-state index in [4.69, 9.17) is 23.7 Å². The fourth-order valence-corrected chi connectivity index (χ4v) is 3.89. The molecule has 0 spiro atoms. The fourth-order valence-electron chi connectivity index (χ4n) is 3.89. The van der Waals surface area contributed by atoms with Crippen LogP contribution >= 0.6 is 0 Å². The lowest BCUT2D eigenvalue weighted by Crippen LogP contribution is -2.51. The molecule has 2 aromatic carbocycles. The lowest BCUT2D eigenvalue weighted by molar-refractivity contribution is -0.230. The Hall–Kier alpha value is -2.74. The van der Waals surface area contributed by atoms with Crippen molar-refractivity contribution in [3.63, 3.8) is 0 Å². The summed E-state index contributed by atoms with van der Waals surface area (Å²) < 4.78 is 29.2. The number of ether oxygens (including phenoxy) is 5. The van der Waals surface area contributed by atoms with Gasteiger partial charge in [-0.15, -0.1) is 0 Å². The lowest BCUT2D eigenvalue weighted by Gasteiger charge is -2.34. The molecule has 7 nitrogen and oxygen atoms in total. The topological polar surface area (TPSA) is 80.3 Å². The van der Waals surface area contributed by atoms with Crippen LogP contribution in [0.5, 0.6) is 0 Å². The van der Waals surface area contributed by atoms with Crippen molar-refractivity contribution in [1.29, 1.82) is 0 Å². The first-order valence-corrected chi connectivity index (χ1v) is 10.2. The molecule has 4 atom stereocenters. The average Bonchev–Trinajstić information content (AvgIpc) is 3.17. The number of hydrogen-bond donors (Lipinski definition) is 0. The van der Waals surface area contributed by atoms with Gasteiger partial charge in [0.1, 0.15) is 12.7 Å². The van der Waals surface area contributed by atoms with Crippen LogP contribution in [-0.4, -0.2) is 48.4 Å². The Kier molecular flexibility index (Phi) is 5.60. The number of carbonyl (C=O) groups excluding carboxylic acids is 2. The minimum absolute atomic E-state index is 0.119. The zero-order chi connectivity index (χ0) is 22.2. The van der Waals surface area contributed by atoms with Gasteiger partial charge in [0.15, 0.2) is 23.8 Å². The van der Waals surface area contributed by atoms with Crippen molar-refractivity contribution in [3.8, 4) is 0 Å². The van der Waals surface area contributed by atoms with Gasteiger partial charge in [0.2, 0.25) is 0 Å². The molecular weight excluding hydrogens is 400 g/mol. The number of rotatable bonds is 5. The molecule has 2 unspecified atom stereocenters. The van der Waals surface area contributed by atoms with E-state index in [1.807, 2.05) is 25.1 Å². The van der Waals surface area contributed by atoms with E-state index >= 15 is 0 Å². The van der Waals surface area contributed by atoms with Crippen LogP contribution in [-0.2, 0) is 23.7 Å². The van der Waals surface area contributed by atoms with Crippen molar-refractivity contribution in [3.05, 3.63) is 71.3 Å². The molecule has 7 heteroatoms. The van der Waals surface area contributed by atoms with Crippen molar-refractivity contribution in [2.75, 3.05) is 6.61 Å². The average molecular weight is 426 g/mol. The second-order valence-electron chi connectivity index (χ2n) is 8.40. The van der Waals surface area contributed by atoms with Crippen LogP contribution in [0.2, 0.25) is 0 Å². The molecule has 0 radical (unpaired) electrons. The molecule has 2 aromatic rings. The molecule has 0 bridgehead atoms. The monoisotopic (exact) mass is 426 g/mol. The Bertz CT molecular complexity index is 971. The van der Waals surface area contributed by atoms with Crippen molar-refractivity contribution < 1.29 is 33.3 Å². The molecule has 0 amide bonds. The minimum Gasteiger partial charge on any atom is -0.459 e. The molecule has 2 fully saturated rings. The first-order chi connectivity index (χ1) is 14.7. The first-order valence-electron chi connectivity index (χ1n) is 10.2. The summed E-state index contributed by atoms with van der Waals surface area (Å²) in [7, 11) is 0. The van der Waals surface area contributed by atoms with Crippen LogP contribution in [0, 0.1) is 6.92 Å². The van der Waals surface area contributed by atoms with Crippen LogP contribution < -0.4 is 0 Å². The van der Waals surface area contributed by atoms with Crippen molar-refractivity contribution in [2.45, 2.75) is 57.6 Å². The van der Waals surface area contributed by atoms with E-state index in [1.165, 1.54) is 0 Å². The summed E-state index contributed by atoms with van der Waals surface area (Å²) in [4.78, 5) is 25.4. The highest BCUT2D eigenvalue weighted by Crippen LogP contribution is 2.45. The summed E-state index contributed by atoms with van der Waals surface area (Å²) in [6.45, 7) is 6.96. The van der Waals surface area contributed by atoms with Crippen LogP contribution in [0.1, 0.15) is 47.1 Å². The van der Waals surface area contributed by atoms with Crippen LogP contribution in [0.25, 0.3) is 0 Å². The van der Waals surface area contributed by atoms with Crippen molar-refractivity contribution >= 4 is 11.9 Å². The second-order valence-corrected chi connectivity index (χ2v) is 8.40. The molecule has 31 heavy (non-hydrogen) atoms. The third-order valence-electron chi connectivity index (χ3n) is 5.61. The molecule has 4 rings (SSSR count). The fraction of sp³-hybridized carbons (Fsp3) is 0.417. The zero-order valence-corrected chi connectivity index (χ0v) is 18.0. The molecular formula is C24H26O7. The van der Waals surface area contributed by atoms with Gasteiger partial charge in [0.25, 0.3) is 0 Å². The molecule has 2 aliphatic rings. The molecule has 164 valence electrons.